The monoisotopic (exact) mass is 471 g/mol. The number of hydrogen-bond acceptors (Lipinski definition) is 8. The third kappa shape index (κ3) is 4.60. The lowest BCUT2D eigenvalue weighted by Crippen LogP contribution is -2.53. The molecule has 0 amide bonds. The first-order valence-electron chi connectivity index (χ1n) is 9.83. The van der Waals surface area contributed by atoms with E-state index in [0.717, 1.165) is 36.8 Å². The van der Waals surface area contributed by atoms with E-state index >= 15 is 0 Å². The van der Waals surface area contributed by atoms with Crippen LogP contribution in [0.2, 0.25) is 6.32 Å². The molecule has 0 spiro atoms. The summed E-state index contributed by atoms with van der Waals surface area (Å²) in [5, 5.41) is 31.2. The van der Waals surface area contributed by atoms with Crippen LogP contribution in [0.3, 0.4) is 0 Å². The van der Waals surface area contributed by atoms with E-state index in [1.165, 1.54) is 0 Å². The lowest BCUT2D eigenvalue weighted by atomic mass is 9.78. The number of rotatable bonds is 5. The van der Waals surface area contributed by atoms with Crippen LogP contribution in [-0.4, -0.2) is 68.6 Å². The smallest absolute Gasteiger partial charge is 0.522 e. The van der Waals surface area contributed by atoms with Gasteiger partial charge in [-0.1, -0.05) is 6.07 Å². The first kappa shape index (κ1) is 23.6. The van der Waals surface area contributed by atoms with Gasteiger partial charge in [-0.2, -0.15) is 0 Å². The summed E-state index contributed by atoms with van der Waals surface area (Å²) in [5.41, 5.74) is 0.764. The van der Waals surface area contributed by atoms with Crippen LogP contribution in [0.25, 0.3) is 0 Å². The van der Waals surface area contributed by atoms with Gasteiger partial charge >= 0.3 is 13.1 Å². The first-order valence-corrected chi connectivity index (χ1v) is 9.83. The zero-order valence-electron chi connectivity index (χ0n) is 16.7. The van der Waals surface area contributed by atoms with E-state index in [1.807, 2.05) is 6.07 Å². The number of halogens is 2. The highest BCUT2D eigenvalue weighted by Crippen LogP contribution is 2.37. The second kappa shape index (κ2) is 9.62. The fourth-order valence-electron chi connectivity index (χ4n) is 4.09. The molecule has 10 nitrogen and oxygen atoms in total. The lowest BCUT2D eigenvalue weighted by Gasteiger charge is -2.39. The van der Waals surface area contributed by atoms with Crippen molar-refractivity contribution in [3.8, 4) is 11.5 Å². The summed E-state index contributed by atoms with van der Waals surface area (Å²) in [6, 6.07) is 3.50. The molecule has 0 aliphatic carbocycles. The molecule has 1 aromatic carbocycles. The minimum absolute atomic E-state index is 0. The number of likely N-dealkylation sites (tertiary alicyclic amines) is 1. The first-order chi connectivity index (χ1) is 14.1. The Hall–Kier alpha value is -2.05. The second-order valence-electron chi connectivity index (χ2n) is 7.64. The molecule has 0 bridgehead atoms. The van der Waals surface area contributed by atoms with Crippen LogP contribution in [0.5, 0.6) is 11.5 Å². The van der Waals surface area contributed by atoms with E-state index in [1.54, 1.807) is 6.07 Å². The Bertz CT molecular complexity index is 956. The van der Waals surface area contributed by atoms with Gasteiger partial charge in [-0.05, 0) is 24.4 Å². The van der Waals surface area contributed by atoms with Crippen LogP contribution in [0.4, 0.5) is 0 Å². The van der Waals surface area contributed by atoms with E-state index < -0.39 is 13.1 Å². The van der Waals surface area contributed by atoms with Crippen molar-refractivity contribution >= 4 is 37.9 Å². The van der Waals surface area contributed by atoms with Gasteiger partial charge in [0.05, 0.1) is 13.1 Å². The molecule has 0 saturated carbocycles. The maximum Gasteiger partial charge on any atom is 0.522 e. The van der Waals surface area contributed by atoms with Gasteiger partial charge in [0.2, 0.25) is 0 Å². The summed E-state index contributed by atoms with van der Waals surface area (Å²) in [7, 11) is -0.987. The maximum atomic E-state index is 11.8. The molecule has 168 valence electrons. The molecule has 0 radical (unpaired) electrons. The van der Waals surface area contributed by atoms with Crippen molar-refractivity contribution in [2.24, 2.45) is 0 Å². The predicted molar refractivity (Wildman–Crippen MR) is 116 cm³/mol. The van der Waals surface area contributed by atoms with E-state index in [-0.39, 0.29) is 48.0 Å². The quantitative estimate of drug-likeness (QED) is 0.538. The minimum Gasteiger partial charge on any atom is -0.535 e. The van der Waals surface area contributed by atoms with Crippen molar-refractivity contribution in [1.82, 2.24) is 25.0 Å². The zero-order chi connectivity index (χ0) is 20.0. The number of benzene rings is 1. The van der Waals surface area contributed by atoms with Crippen LogP contribution in [0, 0.1) is 0 Å². The molecule has 1 fully saturated rings. The molecule has 2 aromatic rings. The fraction of sp³-hybridized carbons (Fsp3) is 0.500. The van der Waals surface area contributed by atoms with Crippen LogP contribution in [0.15, 0.2) is 12.1 Å². The zero-order valence-corrected chi connectivity index (χ0v) is 18.3. The molecule has 3 aliphatic rings. The molecular weight excluding hydrogens is 448 g/mol. The molecule has 1 aromatic heterocycles. The van der Waals surface area contributed by atoms with Gasteiger partial charge in [0.1, 0.15) is 34.8 Å². The van der Waals surface area contributed by atoms with Crippen LogP contribution in [-0.2, 0) is 26.1 Å². The second-order valence-corrected chi connectivity index (χ2v) is 7.64. The Morgan fingerprint density at radius 1 is 1.32 bits per heavy atom. The molecule has 3 aliphatic heterocycles. The standard InChI is InChI=1S/C18H22BN5O5.2ClH/c25-18(26)16-13(2-1-11-3-4-19(27)29-17(11)16)28-12-8-23(9-12)10-15-22-21-14-7-20-5-6-24(14)15;;/h1-2,12,20,27H,3-10H2,(H,25,26);2*1H. The van der Waals surface area contributed by atoms with Gasteiger partial charge in [-0.25, -0.2) is 4.79 Å². The van der Waals surface area contributed by atoms with Gasteiger partial charge in [0.25, 0.3) is 0 Å². The number of aryl methyl sites for hydroxylation is 1. The van der Waals surface area contributed by atoms with E-state index in [9.17, 15) is 14.9 Å². The molecule has 3 N–H and O–H groups in total. The Morgan fingerprint density at radius 2 is 2.13 bits per heavy atom. The molecular formula is C18H24BCl2N5O5. The number of aromatic carboxylic acids is 1. The van der Waals surface area contributed by atoms with Crippen LogP contribution < -0.4 is 14.7 Å². The Balaban J connectivity index is 0.00000136. The molecule has 0 unspecified atom stereocenters. The predicted octanol–water partition coefficient (Wildman–Crippen LogP) is 0.602. The number of nitrogens with one attached hydrogen (secondary N) is 1. The number of carboxylic acid groups (broad SMARTS) is 1. The SMILES string of the molecule is Cl.Cl.O=C(O)c1c(OC2CN(Cc3nnc4n3CCNC4)C2)ccc2c1OB(O)CC2. The van der Waals surface area contributed by atoms with E-state index in [2.05, 4.69) is 25.0 Å². The number of fused-ring (bicyclic) bond motifs is 2. The summed E-state index contributed by atoms with van der Waals surface area (Å²) < 4.78 is 13.5. The number of ether oxygens (including phenoxy) is 1. The van der Waals surface area contributed by atoms with E-state index in [4.69, 9.17) is 9.39 Å². The largest absolute Gasteiger partial charge is 0.535 e. The third-order valence-electron chi connectivity index (χ3n) is 5.61. The van der Waals surface area contributed by atoms with Gasteiger partial charge in [-0.15, -0.1) is 35.0 Å². The Morgan fingerprint density at radius 3 is 2.90 bits per heavy atom. The van der Waals surface area contributed by atoms with Crippen molar-refractivity contribution in [1.29, 1.82) is 0 Å². The maximum absolute atomic E-state index is 11.8. The molecule has 0 atom stereocenters. The molecule has 31 heavy (non-hydrogen) atoms. The van der Waals surface area contributed by atoms with Gasteiger partial charge in [-0.3, -0.25) is 4.90 Å². The summed E-state index contributed by atoms with van der Waals surface area (Å²) >= 11 is 0. The van der Waals surface area contributed by atoms with Crippen molar-refractivity contribution in [3.05, 3.63) is 34.9 Å². The Kier molecular flexibility index (Phi) is 7.33. The molecule has 1 saturated heterocycles. The van der Waals surface area contributed by atoms with Crippen molar-refractivity contribution in [3.63, 3.8) is 0 Å². The van der Waals surface area contributed by atoms with Gasteiger partial charge in [0, 0.05) is 26.2 Å². The number of hydrogen-bond donors (Lipinski definition) is 3. The normalized spacial score (nSPS) is 17.9. The summed E-state index contributed by atoms with van der Waals surface area (Å²) in [6.07, 6.45) is 0.920. The number of nitrogens with zero attached hydrogens (tertiary/aromatic N) is 4. The summed E-state index contributed by atoms with van der Waals surface area (Å²) in [6.45, 7) is 4.58. The summed E-state index contributed by atoms with van der Waals surface area (Å²) in [4.78, 5) is 14.0. The average molecular weight is 472 g/mol. The third-order valence-corrected chi connectivity index (χ3v) is 5.61. The average Bonchev–Trinajstić information content (AvgIpc) is 3.08. The molecule has 4 heterocycles. The molecule has 13 heteroatoms. The van der Waals surface area contributed by atoms with Crippen LogP contribution in [0.1, 0.15) is 27.6 Å². The summed E-state index contributed by atoms with van der Waals surface area (Å²) in [5.74, 6) is 1.28. The van der Waals surface area contributed by atoms with Gasteiger partial charge < -0.3 is 29.4 Å². The minimum atomic E-state index is -1.12. The highest BCUT2D eigenvalue weighted by Gasteiger charge is 2.34. The molecule has 5 rings (SSSR count). The topological polar surface area (TPSA) is 122 Å². The highest BCUT2D eigenvalue weighted by atomic mass is 35.5. The Labute approximate surface area is 191 Å². The van der Waals surface area contributed by atoms with Gasteiger partial charge in [0.15, 0.2) is 0 Å². The van der Waals surface area contributed by atoms with Crippen LogP contribution >= 0.6 is 24.8 Å². The fourth-order valence-corrected chi connectivity index (χ4v) is 4.09. The van der Waals surface area contributed by atoms with Crippen molar-refractivity contribution in [2.45, 2.75) is 38.5 Å². The number of aromatic nitrogens is 3. The lowest BCUT2D eigenvalue weighted by molar-refractivity contribution is 0.0112. The van der Waals surface area contributed by atoms with Crippen molar-refractivity contribution in [2.75, 3.05) is 19.6 Å². The van der Waals surface area contributed by atoms with Crippen molar-refractivity contribution < 1.29 is 24.3 Å². The number of carbonyl (C=O) groups is 1. The van der Waals surface area contributed by atoms with E-state index in [0.29, 0.717) is 32.4 Å². The number of carboxylic acids is 1. The highest BCUT2D eigenvalue weighted by molar-refractivity contribution is 6.44.